The zero-order chi connectivity index (χ0) is 22.4. The standard InChI is InChI=1S/C28H19N3O2/c32-26(17-31-25-14-6-10-18-9-5-13-23(27(18)25)28(31)33)30-29-16-24-21-11-3-1-7-19(21)15-20-8-2-4-12-22(20)24/h1-16H,17H2,(H,30,32)/b29-16-. The number of rotatable bonds is 4. The maximum Gasteiger partial charge on any atom is 0.260 e. The highest BCUT2D eigenvalue weighted by Gasteiger charge is 2.30. The lowest BCUT2D eigenvalue weighted by Gasteiger charge is -2.16. The van der Waals surface area contributed by atoms with Gasteiger partial charge in [0.05, 0.1) is 11.9 Å². The first-order chi connectivity index (χ1) is 16.2. The van der Waals surface area contributed by atoms with Gasteiger partial charge in [-0.2, -0.15) is 5.10 Å². The molecule has 2 amide bonds. The van der Waals surface area contributed by atoms with Crippen molar-refractivity contribution in [1.29, 1.82) is 0 Å². The zero-order valence-corrected chi connectivity index (χ0v) is 17.7. The minimum atomic E-state index is -0.353. The summed E-state index contributed by atoms with van der Waals surface area (Å²) in [7, 11) is 0. The van der Waals surface area contributed by atoms with E-state index in [2.05, 4.69) is 28.7 Å². The third-order valence-electron chi connectivity index (χ3n) is 6.15. The topological polar surface area (TPSA) is 61.8 Å². The van der Waals surface area contributed by atoms with Crippen molar-refractivity contribution in [2.45, 2.75) is 0 Å². The van der Waals surface area contributed by atoms with Crippen molar-refractivity contribution in [1.82, 2.24) is 5.43 Å². The van der Waals surface area contributed by atoms with Crippen molar-refractivity contribution in [2.24, 2.45) is 5.10 Å². The van der Waals surface area contributed by atoms with Gasteiger partial charge in [-0.15, -0.1) is 0 Å². The van der Waals surface area contributed by atoms with Crippen LogP contribution in [0, 0.1) is 0 Å². The van der Waals surface area contributed by atoms with E-state index in [1.807, 2.05) is 66.7 Å². The number of carbonyl (C=O) groups is 2. The average Bonchev–Trinajstić information content (AvgIpc) is 3.11. The van der Waals surface area contributed by atoms with E-state index in [0.717, 1.165) is 43.6 Å². The number of carbonyl (C=O) groups excluding carboxylic acids is 2. The van der Waals surface area contributed by atoms with Crippen LogP contribution in [0.2, 0.25) is 0 Å². The van der Waals surface area contributed by atoms with Crippen molar-refractivity contribution < 1.29 is 9.59 Å². The van der Waals surface area contributed by atoms with Crippen LogP contribution < -0.4 is 10.3 Å². The summed E-state index contributed by atoms with van der Waals surface area (Å²) in [5.74, 6) is -0.519. The number of nitrogens with zero attached hydrogens (tertiary/aromatic N) is 2. The maximum absolute atomic E-state index is 12.9. The van der Waals surface area contributed by atoms with Crippen LogP contribution in [0.4, 0.5) is 5.69 Å². The Morgan fingerprint density at radius 3 is 2.18 bits per heavy atom. The number of nitrogens with one attached hydrogen (secondary N) is 1. The number of benzene rings is 5. The van der Waals surface area contributed by atoms with Crippen LogP contribution in [-0.2, 0) is 4.79 Å². The highest BCUT2D eigenvalue weighted by Crippen LogP contribution is 2.36. The Balaban J connectivity index is 1.27. The van der Waals surface area contributed by atoms with Gasteiger partial charge in [-0.1, -0.05) is 72.8 Å². The fourth-order valence-corrected chi connectivity index (χ4v) is 4.67. The molecule has 1 aliphatic rings. The quantitative estimate of drug-likeness (QED) is 0.241. The molecule has 1 heterocycles. The molecule has 1 N–H and O–H groups in total. The molecule has 0 aliphatic carbocycles. The van der Waals surface area contributed by atoms with E-state index in [4.69, 9.17) is 0 Å². The van der Waals surface area contributed by atoms with Crippen LogP contribution in [0.25, 0.3) is 32.3 Å². The van der Waals surface area contributed by atoms with Crippen LogP contribution in [0.5, 0.6) is 0 Å². The monoisotopic (exact) mass is 429 g/mol. The number of hydrogen-bond donors (Lipinski definition) is 1. The lowest BCUT2D eigenvalue weighted by Crippen LogP contribution is -2.37. The second-order valence-corrected chi connectivity index (χ2v) is 8.10. The molecule has 0 saturated heterocycles. The molecule has 0 aromatic heterocycles. The minimum Gasteiger partial charge on any atom is -0.298 e. The van der Waals surface area contributed by atoms with Crippen LogP contribution in [0.1, 0.15) is 15.9 Å². The van der Waals surface area contributed by atoms with E-state index in [9.17, 15) is 9.59 Å². The van der Waals surface area contributed by atoms with Gasteiger partial charge < -0.3 is 0 Å². The minimum absolute atomic E-state index is 0.0970. The van der Waals surface area contributed by atoms with Crippen molar-refractivity contribution in [2.75, 3.05) is 11.4 Å². The molecule has 0 unspecified atom stereocenters. The molecule has 0 radical (unpaired) electrons. The third-order valence-corrected chi connectivity index (χ3v) is 6.15. The highest BCUT2D eigenvalue weighted by atomic mass is 16.2. The molecule has 0 fully saturated rings. The van der Waals surface area contributed by atoms with E-state index < -0.39 is 0 Å². The molecule has 0 saturated carbocycles. The summed E-state index contributed by atoms with van der Waals surface area (Å²) in [4.78, 5) is 27.1. The van der Waals surface area contributed by atoms with E-state index in [1.54, 1.807) is 12.3 Å². The van der Waals surface area contributed by atoms with Crippen LogP contribution in [-0.4, -0.2) is 24.6 Å². The van der Waals surface area contributed by atoms with Gasteiger partial charge in [0.2, 0.25) is 0 Å². The maximum atomic E-state index is 12.9. The summed E-state index contributed by atoms with van der Waals surface area (Å²) in [6.45, 7) is -0.0970. The summed E-state index contributed by atoms with van der Waals surface area (Å²) >= 11 is 0. The molecular formula is C28H19N3O2. The molecule has 5 aromatic rings. The Bertz CT molecular complexity index is 1560. The van der Waals surface area contributed by atoms with Crippen LogP contribution >= 0.6 is 0 Å². The van der Waals surface area contributed by atoms with Crippen LogP contribution in [0.3, 0.4) is 0 Å². The summed E-state index contributed by atoms with van der Waals surface area (Å²) in [5.41, 5.74) is 4.93. The smallest absolute Gasteiger partial charge is 0.260 e. The van der Waals surface area contributed by atoms with E-state index in [-0.39, 0.29) is 18.4 Å². The summed E-state index contributed by atoms with van der Waals surface area (Å²) in [6, 6.07) is 29.7. The number of hydrogen-bond acceptors (Lipinski definition) is 3. The predicted octanol–water partition coefficient (Wildman–Crippen LogP) is 5.26. The first kappa shape index (κ1) is 19.2. The molecule has 158 valence electrons. The van der Waals surface area contributed by atoms with Crippen LogP contribution in [0.15, 0.2) is 96.1 Å². The number of fused-ring (bicyclic) bond motifs is 2. The normalized spacial score (nSPS) is 13.0. The Morgan fingerprint density at radius 2 is 1.45 bits per heavy atom. The van der Waals surface area contributed by atoms with Gasteiger partial charge in [0.15, 0.2) is 0 Å². The Hall–Kier alpha value is -4.51. The molecule has 6 rings (SSSR count). The molecule has 5 heteroatoms. The van der Waals surface area contributed by atoms with Crippen molar-refractivity contribution in [3.63, 3.8) is 0 Å². The van der Waals surface area contributed by atoms with E-state index >= 15 is 0 Å². The summed E-state index contributed by atoms with van der Waals surface area (Å²) < 4.78 is 0. The van der Waals surface area contributed by atoms with Crippen molar-refractivity contribution in [3.8, 4) is 0 Å². The molecule has 0 bridgehead atoms. The largest absolute Gasteiger partial charge is 0.298 e. The molecular weight excluding hydrogens is 410 g/mol. The first-order valence-corrected chi connectivity index (χ1v) is 10.8. The SMILES string of the molecule is O=C(CN1C(=O)c2cccc3cccc1c23)N/N=C\c1c2ccccc2cc2ccccc12. The second kappa shape index (κ2) is 7.57. The van der Waals surface area contributed by atoms with Gasteiger partial charge in [0, 0.05) is 16.5 Å². The fourth-order valence-electron chi connectivity index (χ4n) is 4.67. The number of anilines is 1. The number of hydrazone groups is 1. The Kier molecular flexibility index (Phi) is 4.40. The molecule has 1 aliphatic heterocycles. The van der Waals surface area contributed by atoms with Gasteiger partial charge in [-0.05, 0) is 45.1 Å². The molecule has 5 nitrogen and oxygen atoms in total. The average molecular weight is 429 g/mol. The fraction of sp³-hybridized carbons (Fsp3) is 0.0357. The van der Waals surface area contributed by atoms with E-state index in [0.29, 0.717) is 5.56 Å². The lowest BCUT2D eigenvalue weighted by atomic mass is 9.97. The lowest BCUT2D eigenvalue weighted by molar-refractivity contribution is -0.119. The zero-order valence-electron chi connectivity index (χ0n) is 17.7. The van der Waals surface area contributed by atoms with Crippen molar-refractivity contribution >= 4 is 56.0 Å². The molecule has 0 spiro atoms. The predicted molar refractivity (Wildman–Crippen MR) is 133 cm³/mol. The van der Waals surface area contributed by atoms with Gasteiger partial charge in [-0.25, -0.2) is 5.43 Å². The van der Waals surface area contributed by atoms with E-state index in [1.165, 1.54) is 4.90 Å². The van der Waals surface area contributed by atoms with Gasteiger partial charge in [0.25, 0.3) is 11.8 Å². The van der Waals surface area contributed by atoms with Gasteiger partial charge in [-0.3, -0.25) is 14.5 Å². The molecule has 33 heavy (non-hydrogen) atoms. The van der Waals surface area contributed by atoms with Gasteiger partial charge in [0.1, 0.15) is 6.54 Å². The highest BCUT2D eigenvalue weighted by molar-refractivity contribution is 6.26. The molecule has 0 atom stereocenters. The Morgan fingerprint density at radius 1 is 0.818 bits per heavy atom. The summed E-state index contributed by atoms with van der Waals surface area (Å²) in [6.07, 6.45) is 1.68. The first-order valence-electron chi connectivity index (χ1n) is 10.8. The second-order valence-electron chi connectivity index (χ2n) is 8.10. The number of amides is 2. The summed E-state index contributed by atoms with van der Waals surface area (Å²) in [5, 5.41) is 10.5. The third kappa shape index (κ3) is 3.13. The van der Waals surface area contributed by atoms with Gasteiger partial charge >= 0.3 is 0 Å². The Labute approximate surface area is 189 Å². The molecule has 5 aromatic carbocycles. The van der Waals surface area contributed by atoms with Crippen molar-refractivity contribution in [3.05, 3.63) is 102 Å².